The molecule has 4 fully saturated rings. The minimum atomic E-state index is -1.47. The molecule has 4 aliphatic carbocycles. The fourth-order valence-electron chi connectivity index (χ4n) is 9.31. The summed E-state index contributed by atoms with van der Waals surface area (Å²) in [6.45, 7) is 7.58. The number of ether oxygens (including phenoxy) is 3. The van der Waals surface area contributed by atoms with Crippen LogP contribution in [0.4, 0.5) is 0 Å². The van der Waals surface area contributed by atoms with Gasteiger partial charge in [-0.05, 0) is 55.8 Å². The van der Waals surface area contributed by atoms with Crippen molar-refractivity contribution in [1.29, 1.82) is 0 Å². The summed E-state index contributed by atoms with van der Waals surface area (Å²) in [6, 6.07) is 0. The second-order valence-electron chi connectivity index (χ2n) is 12.3. The van der Waals surface area contributed by atoms with E-state index in [1.807, 2.05) is 20.8 Å². The Morgan fingerprint density at radius 3 is 2.50 bits per heavy atom. The third kappa shape index (κ3) is 2.93. The van der Waals surface area contributed by atoms with E-state index in [4.69, 9.17) is 14.2 Å². The number of carboxylic acids is 1. The van der Waals surface area contributed by atoms with Crippen LogP contribution in [0.5, 0.6) is 0 Å². The van der Waals surface area contributed by atoms with E-state index in [0.717, 1.165) is 11.9 Å². The number of allylic oxidation sites excluding steroid dienone is 1. The molecule has 1 heterocycles. The molecular formula is C27H40O9. The number of methoxy groups -OCH3 is 1. The third-order valence-electron chi connectivity index (χ3n) is 10.8. The van der Waals surface area contributed by atoms with E-state index in [1.165, 1.54) is 7.11 Å². The van der Waals surface area contributed by atoms with Crippen LogP contribution in [0.1, 0.15) is 47.0 Å². The fourth-order valence-corrected chi connectivity index (χ4v) is 9.31. The van der Waals surface area contributed by atoms with Crippen LogP contribution >= 0.6 is 0 Å². The molecule has 4 N–H and O–H groups in total. The third-order valence-corrected chi connectivity index (χ3v) is 10.8. The van der Waals surface area contributed by atoms with Crippen LogP contribution in [-0.2, 0) is 23.8 Å². The number of aliphatic hydroxyl groups excluding tert-OH is 3. The second kappa shape index (κ2) is 8.58. The molecule has 5 rings (SSSR count). The summed E-state index contributed by atoms with van der Waals surface area (Å²) in [7, 11) is 1.43. The topological polar surface area (TPSA) is 143 Å². The van der Waals surface area contributed by atoms with Gasteiger partial charge in [-0.3, -0.25) is 4.79 Å². The van der Waals surface area contributed by atoms with E-state index in [0.29, 0.717) is 19.3 Å². The van der Waals surface area contributed by atoms with Crippen molar-refractivity contribution in [1.82, 2.24) is 0 Å². The Bertz CT molecular complexity index is 950. The molecule has 0 amide bonds. The van der Waals surface area contributed by atoms with Gasteiger partial charge in [0, 0.05) is 12.5 Å². The van der Waals surface area contributed by atoms with Gasteiger partial charge in [-0.15, -0.1) is 0 Å². The van der Waals surface area contributed by atoms with Gasteiger partial charge in [0.15, 0.2) is 6.29 Å². The van der Waals surface area contributed by atoms with Crippen molar-refractivity contribution in [3.63, 3.8) is 0 Å². The normalized spacial score (nSPS) is 53.4. The van der Waals surface area contributed by atoms with Gasteiger partial charge in [0.05, 0.1) is 24.2 Å². The molecule has 0 aromatic rings. The summed E-state index contributed by atoms with van der Waals surface area (Å²) in [5.41, 5.74) is -2.79. The average Bonchev–Trinajstić information content (AvgIpc) is 3.35. The van der Waals surface area contributed by atoms with Gasteiger partial charge in [0.25, 0.3) is 0 Å². The van der Waals surface area contributed by atoms with Gasteiger partial charge in [-0.1, -0.05) is 32.4 Å². The maximum atomic E-state index is 13.5. The predicted octanol–water partition coefficient (Wildman–Crippen LogP) is 1.38. The minimum Gasteiger partial charge on any atom is -0.481 e. The predicted molar refractivity (Wildman–Crippen MR) is 127 cm³/mol. The van der Waals surface area contributed by atoms with E-state index in [-0.39, 0.29) is 36.2 Å². The summed E-state index contributed by atoms with van der Waals surface area (Å²) in [5, 5.41) is 43.1. The molecule has 1 aliphatic heterocycles. The summed E-state index contributed by atoms with van der Waals surface area (Å²) < 4.78 is 17.3. The molecule has 0 radical (unpaired) electrons. The number of hydrogen-bond acceptors (Lipinski definition) is 8. The highest BCUT2D eigenvalue weighted by atomic mass is 16.7. The van der Waals surface area contributed by atoms with Gasteiger partial charge in [-0.2, -0.15) is 0 Å². The first-order chi connectivity index (χ1) is 16.9. The van der Waals surface area contributed by atoms with Crippen molar-refractivity contribution in [2.24, 2.45) is 45.8 Å². The molecule has 4 bridgehead atoms. The van der Waals surface area contributed by atoms with Crippen molar-refractivity contribution in [2.45, 2.75) is 83.8 Å². The molecule has 36 heavy (non-hydrogen) atoms. The highest BCUT2D eigenvalue weighted by Crippen LogP contribution is 2.82. The summed E-state index contributed by atoms with van der Waals surface area (Å²) in [4.78, 5) is 26.6. The zero-order valence-corrected chi connectivity index (χ0v) is 21.7. The van der Waals surface area contributed by atoms with Gasteiger partial charge in [0.1, 0.15) is 30.0 Å². The molecule has 202 valence electrons. The van der Waals surface area contributed by atoms with Crippen LogP contribution in [0.2, 0.25) is 0 Å². The first kappa shape index (κ1) is 26.3. The Morgan fingerprint density at radius 2 is 1.92 bits per heavy atom. The lowest BCUT2D eigenvalue weighted by Crippen LogP contribution is -2.64. The van der Waals surface area contributed by atoms with Crippen LogP contribution in [0.25, 0.3) is 0 Å². The van der Waals surface area contributed by atoms with E-state index in [9.17, 15) is 30.0 Å². The number of hydrogen-bond donors (Lipinski definition) is 4. The molecule has 0 spiro atoms. The quantitative estimate of drug-likeness (QED) is 0.296. The molecule has 5 aliphatic rings. The number of rotatable bonds is 7. The molecular weight excluding hydrogens is 468 g/mol. The van der Waals surface area contributed by atoms with Crippen molar-refractivity contribution < 1.29 is 44.2 Å². The van der Waals surface area contributed by atoms with Crippen LogP contribution < -0.4 is 0 Å². The van der Waals surface area contributed by atoms with Crippen LogP contribution in [0, 0.1) is 45.8 Å². The number of carbonyl (C=O) groups excluding carboxylic acids is 1. The minimum absolute atomic E-state index is 0.0224. The van der Waals surface area contributed by atoms with Crippen LogP contribution in [0.15, 0.2) is 11.6 Å². The molecule has 13 atom stereocenters. The first-order valence-corrected chi connectivity index (χ1v) is 13.2. The Morgan fingerprint density at radius 1 is 1.22 bits per heavy atom. The fraction of sp³-hybridized carbons (Fsp3) is 0.852. The molecule has 9 unspecified atom stereocenters. The molecule has 1 saturated heterocycles. The average molecular weight is 509 g/mol. The smallest absolute Gasteiger partial charge is 0.315 e. The summed E-state index contributed by atoms with van der Waals surface area (Å²) >= 11 is 0. The van der Waals surface area contributed by atoms with E-state index in [2.05, 4.69) is 6.08 Å². The number of fused-ring (bicyclic) bond motifs is 2. The number of aldehydes is 1. The number of carbonyl (C=O) groups is 2. The van der Waals surface area contributed by atoms with Crippen LogP contribution in [0.3, 0.4) is 0 Å². The molecule has 9 nitrogen and oxygen atoms in total. The van der Waals surface area contributed by atoms with Gasteiger partial charge < -0.3 is 39.4 Å². The number of aliphatic hydroxyl groups is 3. The molecule has 3 saturated carbocycles. The molecule has 0 aromatic carbocycles. The standard InChI is InChI=1S/C27H40O9/c1-12(2)17-6-15-8-25(10-28)18-7-19(29)13(3)16(18)9-26(15,27(17,25)24(32)33)11-35-23-21(31)20(30)22(34-5)14(4)36-23/h6,10,12-16,18-23,29-31H,7-9,11H2,1-5H3,(H,32,33)/t13-,14?,15?,16+,18+,19-,20?,21?,22?,23?,25?,26?,27?/m0/s1. The van der Waals surface area contributed by atoms with Gasteiger partial charge >= 0.3 is 5.97 Å². The lowest BCUT2D eigenvalue weighted by molar-refractivity contribution is -0.307. The van der Waals surface area contributed by atoms with Crippen molar-refractivity contribution >= 4 is 12.3 Å². The maximum absolute atomic E-state index is 13.5. The van der Waals surface area contributed by atoms with E-state index >= 15 is 0 Å². The van der Waals surface area contributed by atoms with Gasteiger partial charge in [0.2, 0.25) is 0 Å². The number of aliphatic carboxylic acids is 1. The molecule has 0 aromatic heterocycles. The SMILES string of the molecule is COC1C(C)OC(OCC23C[C@@H]4[C@H](C)[C@@H](O)C[C@H]4C4(C=O)CC2C=C(C(C)C)C34C(=O)O)C(O)C1O. The number of carboxylic acid groups (broad SMARTS) is 1. The second-order valence-corrected chi connectivity index (χ2v) is 12.3. The first-order valence-electron chi connectivity index (χ1n) is 13.2. The Labute approximate surface area is 211 Å². The highest BCUT2D eigenvalue weighted by molar-refractivity contribution is 5.90. The lowest BCUT2D eigenvalue weighted by atomic mass is 9.43. The molecule has 9 heteroatoms. The highest BCUT2D eigenvalue weighted by Gasteiger charge is 2.84. The largest absolute Gasteiger partial charge is 0.481 e. The Hall–Kier alpha value is -1.36. The summed E-state index contributed by atoms with van der Waals surface area (Å²) in [6.07, 6.45) is -1.37. The van der Waals surface area contributed by atoms with Crippen LogP contribution in [-0.4, -0.2) is 83.2 Å². The zero-order chi connectivity index (χ0) is 26.4. The zero-order valence-electron chi connectivity index (χ0n) is 21.7. The lowest BCUT2D eigenvalue weighted by Gasteiger charge is -2.58. The monoisotopic (exact) mass is 508 g/mol. The van der Waals surface area contributed by atoms with Crippen molar-refractivity contribution in [3.8, 4) is 0 Å². The maximum Gasteiger partial charge on any atom is 0.315 e. The Kier molecular flexibility index (Phi) is 6.26. The summed E-state index contributed by atoms with van der Waals surface area (Å²) in [5.74, 6) is -1.63. The van der Waals surface area contributed by atoms with E-state index in [1.54, 1.807) is 6.92 Å². The van der Waals surface area contributed by atoms with Crippen molar-refractivity contribution in [3.05, 3.63) is 11.6 Å². The van der Waals surface area contributed by atoms with Crippen molar-refractivity contribution in [2.75, 3.05) is 13.7 Å². The van der Waals surface area contributed by atoms with Gasteiger partial charge in [-0.25, -0.2) is 0 Å². The van der Waals surface area contributed by atoms with E-state index < -0.39 is 59.0 Å². The Balaban J connectivity index is 1.58.